The highest BCUT2D eigenvalue weighted by Crippen LogP contribution is 2.21. The molecule has 0 aromatic heterocycles. The number of rotatable bonds is 4. The van der Waals surface area contributed by atoms with Crippen molar-refractivity contribution in [2.24, 2.45) is 5.73 Å². The van der Waals surface area contributed by atoms with Crippen LogP contribution in [0.5, 0.6) is 5.75 Å². The molecule has 1 atom stereocenters. The molecule has 1 rings (SSSR count). The van der Waals surface area contributed by atoms with E-state index in [1.165, 1.54) is 0 Å². The summed E-state index contributed by atoms with van der Waals surface area (Å²) in [6, 6.07) is 5.20. The molecule has 0 unspecified atom stereocenters. The number of hydrogen-bond acceptors (Lipinski definition) is 2. The van der Waals surface area contributed by atoms with Crippen LogP contribution >= 0.6 is 0 Å². The number of benzene rings is 1. The van der Waals surface area contributed by atoms with Gasteiger partial charge in [-0.05, 0) is 31.5 Å². The van der Waals surface area contributed by atoms with Crippen LogP contribution < -0.4 is 10.5 Å². The predicted octanol–water partition coefficient (Wildman–Crippen LogP) is 2.74. The Balaban J connectivity index is 2.72. The van der Waals surface area contributed by atoms with Crippen molar-refractivity contribution < 1.29 is 13.5 Å². The average Bonchev–Trinajstić information content (AvgIpc) is 2.17. The lowest BCUT2D eigenvalue weighted by atomic mass is 10.1. The second kappa shape index (κ2) is 5.07. The fourth-order valence-electron chi connectivity index (χ4n) is 1.19. The van der Waals surface area contributed by atoms with E-state index >= 15 is 0 Å². The van der Waals surface area contributed by atoms with Crippen molar-refractivity contribution in [2.45, 2.75) is 32.4 Å². The van der Waals surface area contributed by atoms with Gasteiger partial charge in [0.2, 0.25) is 0 Å². The van der Waals surface area contributed by atoms with Gasteiger partial charge in [0, 0.05) is 0 Å². The second-order valence-corrected chi connectivity index (χ2v) is 3.60. The topological polar surface area (TPSA) is 35.2 Å². The minimum atomic E-state index is -2.54. The second-order valence-electron chi connectivity index (χ2n) is 3.60. The first-order chi connectivity index (χ1) is 7.00. The van der Waals surface area contributed by atoms with Crippen molar-refractivity contribution in [1.82, 2.24) is 0 Å². The molecule has 0 spiro atoms. The summed E-state index contributed by atoms with van der Waals surface area (Å²) in [4.78, 5) is 0. The van der Waals surface area contributed by atoms with Crippen LogP contribution in [0.4, 0.5) is 8.78 Å². The van der Waals surface area contributed by atoms with Gasteiger partial charge in [0.25, 0.3) is 6.43 Å². The van der Waals surface area contributed by atoms with Gasteiger partial charge in [-0.1, -0.05) is 12.1 Å². The summed E-state index contributed by atoms with van der Waals surface area (Å²) >= 11 is 0. The van der Waals surface area contributed by atoms with Crippen molar-refractivity contribution in [3.63, 3.8) is 0 Å². The molecule has 2 N–H and O–H groups in total. The van der Waals surface area contributed by atoms with E-state index in [4.69, 9.17) is 10.5 Å². The summed E-state index contributed by atoms with van der Waals surface area (Å²) < 4.78 is 29.9. The number of alkyl halides is 2. The summed E-state index contributed by atoms with van der Waals surface area (Å²) in [6.07, 6.45) is -2.47. The molecule has 84 valence electrons. The highest BCUT2D eigenvalue weighted by molar-refractivity contribution is 5.29. The fraction of sp³-hybridized carbons (Fsp3) is 0.455. The van der Waals surface area contributed by atoms with Crippen LogP contribution in [0.3, 0.4) is 0 Å². The monoisotopic (exact) mass is 215 g/mol. The maximum absolute atomic E-state index is 12.3. The molecule has 0 fully saturated rings. The molecule has 4 heteroatoms. The van der Waals surface area contributed by atoms with Crippen LogP contribution in [0.2, 0.25) is 0 Å². The van der Waals surface area contributed by atoms with E-state index < -0.39 is 12.5 Å². The summed E-state index contributed by atoms with van der Waals surface area (Å²) in [7, 11) is 0. The Morgan fingerprint density at radius 1 is 1.13 bits per heavy atom. The summed E-state index contributed by atoms with van der Waals surface area (Å²) in [5.41, 5.74) is 5.72. The molecule has 0 radical (unpaired) electrons. The predicted molar refractivity (Wildman–Crippen MR) is 55.1 cm³/mol. The first kappa shape index (κ1) is 11.9. The van der Waals surface area contributed by atoms with Crippen LogP contribution in [-0.2, 0) is 0 Å². The minimum absolute atomic E-state index is 0.0691. The minimum Gasteiger partial charge on any atom is -0.491 e. The molecular formula is C11H15F2NO. The van der Waals surface area contributed by atoms with E-state index in [0.29, 0.717) is 11.3 Å². The normalized spacial score (nSPS) is 13.3. The molecule has 0 aliphatic heterocycles. The van der Waals surface area contributed by atoms with Crippen molar-refractivity contribution in [3.05, 3.63) is 29.8 Å². The van der Waals surface area contributed by atoms with Gasteiger partial charge < -0.3 is 10.5 Å². The van der Waals surface area contributed by atoms with E-state index in [1.54, 1.807) is 24.3 Å². The van der Waals surface area contributed by atoms with E-state index in [1.807, 2.05) is 13.8 Å². The summed E-state index contributed by atoms with van der Waals surface area (Å²) in [5.74, 6) is 0.662. The van der Waals surface area contributed by atoms with Crippen LogP contribution in [0.25, 0.3) is 0 Å². The molecule has 15 heavy (non-hydrogen) atoms. The van der Waals surface area contributed by atoms with Crippen LogP contribution in [0.15, 0.2) is 24.3 Å². The zero-order valence-electron chi connectivity index (χ0n) is 8.78. The third-order valence-electron chi connectivity index (χ3n) is 1.91. The number of halogens is 2. The lowest BCUT2D eigenvalue weighted by molar-refractivity contribution is 0.116. The first-order valence-electron chi connectivity index (χ1n) is 4.81. The SMILES string of the molecule is CC(C)Oc1ccc([C@H](N)C(F)F)cc1. The van der Waals surface area contributed by atoms with Gasteiger partial charge in [-0.25, -0.2) is 8.78 Å². The maximum Gasteiger partial charge on any atom is 0.257 e. The molecule has 0 aliphatic carbocycles. The Morgan fingerprint density at radius 3 is 2.07 bits per heavy atom. The zero-order valence-corrected chi connectivity index (χ0v) is 8.78. The van der Waals surface area contributed by atoms with Crippen LogP contribution in [-0.4, -0.2) is 12.5 Å². The zero-order chi connectivity index (χ0) is 11.4. The first-order valence-corrected chi connectivity index (χ1v) is 4.81. The molecular weight excluding hydrogens is 200 g/mol. The molecule has 1 aromatic carbocycles. The van der Waals surface area contributed by atoms with Gasteiger partial charge in [0.15, 0.2) is 0 Å². The van der Waals surface area contributed by atoms with Crippen LogP contribution in [0.1, 0.15) is 25.5 Å². The van der Waals surface area contributed by atoms with Crippen molar-refractivity contribution in [1.29, 1.82) is 0 Å². The van der Waals surface area contributed by atoms with Crippen LogP contribution in [0, 0.1) is 0 Å². The number of hydrogen-bond donors (Lipinski definition) is 1. The highest BCUT2D eigenvalue weighted by Gasteiger charge is 2.16. The molecule has 0 saturated heterocycles. The molecule has 0 saturated carbocycles. The van der Waals surface area contributed by atoms with E-state index in [0.717, 1.165) is 0 Å². The quantitative estimate of drug-likeness (QED) is 0.838. The Bertz CT molecular complexity index is 298. The van der Waals surface area contributed by atoms with E-state index in [9.17, 15) is 8.78 Å². The lowest BCUT2D eigenvalue weighted by Gasteiger charge is -2.13. The van der Waals surface area contributed by atoms with Gasteiger partial charge >= 0.3 is 0 Å². The number of ether oxygens (including phenoxy) is 1. The smallest absolute Gasteiger partial charge is 0.257 e. The largest absolute Gasteiger partial charge is 0.491 e. The van der Waals surface area contributed by atoms with E-state index in [-0.39, 0.29) is 6.10 Å². The third-order valence-corrected chi connectivity index (χ3v) is 1.91. The van der Waals surface area contributed by atoms with Gasteiger partial charge in [-0.3, -0.25) is 0 Å². The fourth-order valence-corrected chi connectivity index (χ4v) is 1.19. The van der Waals surface area contributed by atoms with Crippen molar-refractivity contribution >= 4 is 0 Å². The number of nitrogens with two attached hydrogens (primary N) is 1. The molecule has 0 heterocycles. The Labute approximate surface area is 88.0 Å². The molecule has 0 aliphatic rings. The molecule has 0 bridgehead atoms. The highest BCUT2D eigenvalue weighted by atomic mass is 19.3. The molecule has 0 amide bonds. The van der Waals surface area contributed by atoms with Gasteiger partial charge in [-0.2, -0.15) is 0 Å². The maximum atomic E-state index is 12.3. The Morgan fingerprint density at radius 2 is 1.67 bits per heavy atom. The van der Waals surface area contributed by atoms with Crippen molar-refractivity contribution in [2.75, 3.05) is 0 Å². The van der Waals surface area contributed by atoms with Gasteiger partial charge in [-0.15, -0.1) is 0 Å². The summed E-state index contributed by atoms with van der Waals surface area (Å²) in [5, 5.41) is 0. The summed E-state index contributed by atoms with van der Waals surface area (Å²) in [6.45, 7) is 3.80. The van der Waals surface area contributed by atoms with Crippen molar-refractivity contribution in [3.8, 4) is 5.75 Å². The Kier molecular flexibility index (Phi) is 4.03. The van der Waals surface area contributed by atoms with Gasteiger partial charge in [0.1, 0.15) is 5.75 Å². The van der Waals surface area contributed by atoms with E-state index in [2.05, 4.69) is 0 Å². The standard InChI is InChI=1S/C11H15F2NO/c1-7(2)15-9-5-3-8(4-6-9)10(14)11(12)13/h3-7,10-11H,14H2,1-2H3/t10-/m0/s1. The Hall–Kier alpha value is -1.16. The van der Waals surface area contributed by atoms with Gasteiger partial charge in [0.05, 0.1) is 12.1 Å². The lowest BCUT2D eigenvalue weighted by Crippen LogP contribution is -2.18. The molecule has 1 aromatic rings. The third kappa shape index (κ3) is 3.47. The average molecular weight is 215 g/mol. The molecule has 2 nitrogen and oxygen atoms in total.